The van der Waals surface area contributed by atoms with Gasteiger partial charge >= 0.3 is 0 Å². The van der Waals surface area contributed by atoms with Crippen molar-refractivity contribution in [2.24, 2.45) is 12.8 Å². The maximum absolute atomic E-state index is 12.1. The van der Waals surface area contributed by atoms with Crippen LogP contribution in [0.4, 0.5) is 0 Å². The van der Waals surface area contributed by atoms with Crippen LogP contribution in [0.2, 0.25) is 5.15 Å². The second-order valence-corrected chi connectivity index (χ2v) is 5.95. The van der Waals surface area contributed by atoms with Crippen LogP contribution < -0.4 is 5.73 Å². The van der Waals surface area contributed by atoms with E-state index in [9.17, 15) is 4.79 Å². The zero-order valence-electron chi connectivity index (χ0n) is 12.8. The van der Waals surface area contributed by atoms with E-state index in [4.69, 9.17) is 17.3 Å². The number of aromatic nitrogens is 3. The second kappa shape index (κ2) is 5.32. The number of halogens is 1. The van der Waals surface area contributed by atoms with Crippen molar-refractivity contribution >= 4 is 39.4 Å². The lowest BCUT2D eigenvalue weighted by molar-refractivity contribution is 0.100. The Morgan fingerprint density at radius 3 is 2.83 bits per heavy atom. The van der Waals surface area contributed by atoms with Gasteiger partial charge in [0.25, 0.3) is 5.91 Å². The molecule has 4 aromatic rings. The number of primary amides is 1. The Morgan fingerprint density at radius 2 is 2.04 bits per heavy atom. The van der Waals surface area contributed by atoms with Crippen LogP contribution in [-0.4, -0.2) is 20.4 Å². The van der Waals surface area contributed by atoms with Crippen LogP contribution in [0.3, 0.4) is 0 Å². The second-order valence-electron chi connectivity index (χ2n) is 5.56. The number of aryl methyl sites for hydroxylation is 1. The zero-order chi connectivity index (χ0) is 16.8. The standard InChI is InChI=1S/C18H13ClN4O/c1-23-16(15(17(20)24)12-3-2-8-21-18(12)23)11-4-6-13-10(9-11)5-7-14(19)22-13/h2-9H,1H3,(H2,20,24). The molecule has 24 heavy (non-hydrogen) atoms. The van der Waals surface area contributed by atoms with Crippen molar-refractivity contribution in [3.63, 3.8) is 0 Å². The summed E-state index contributed by atoms with van der Waals surface area (Å²) >= 11 is 5.94. The Kier molecular flexibility index (Phi) is 3.25. The van der Waals surface area contributed by atoms with Gasteiger partial charge in [-0.25, -0.2) is 9.97 Å². The van der Waals surface area contributed by atoms with E-state index in [0.717, 1.165) is 33.2 Å². The van der Waals surface area contributed by atoms with Crippen molar-refractivity contribution in [1.29, 1.82) is 0 Å². The molecule has 6 heteroatoms. The molecule has 0 aliphatic heterocycles. The molecule has 118 valence electrons. The number of nitrogens with zero attached hydrogens (tertiary/aromatic N) is 3. The third-order valence-electron chi connectivity index (χ3n) is 4.12. The van der Waals surface area contributed by atoms with Gasteiger partial charge in [-0.1, -0.05) is 17.7 Å². The molecule has 0 bridgehead atoms. The topological polar surface area (TPSA) is 73.8 Å². The molecule has 3 heterocycles. The summed E-state index contributed by atoms with van der Waals surface area (Å²) in [5.41, 5.74) is 9.26. The minimum Gasteiger partial charge on any atom is -0.366 e. The van der Waals surface area contributed by atoms with Gasteiger partial charge in [0.2, 0.25) is 0 Å². The first-order chi connectivity index (χ1) is 11.6. The van der Waals surface area contributed by atoms with Crippen molar-refractivity contribution in [1.82, 2.24) is 14.5 Å². The monoisotopic (exact) mass is 336 g/mol. The van der Waals surface area contributed by atoms with Gasteiger partial charge in [-0.15, -0.1) is 0 Å². The molecule has 5 nitrogen and oxygen atoms in total. The molecule has 0 aliphatic carbocycles. The Morgan fingerprint density at radius 1 is 1.21 bits per heavy atom. The molecule has 0 unspecified atom stereocenters. The van der Waals surface area contributed by atoms with Gasteiger partial charge in [0, 0.05) is 24.0 Å². The fraction of sp³-hybridized carbons (Fsp3) is 0.0556. The predicted octanol–water partition coefficient (Wildman–Crippen LogP) is 3.54. The number of carbonyl (C=O) groups is 1. The lowest BCUT2D eigenvalue weighted by Gasteiger charge is -2.08. The van der Waals surface area contributed by atoms with Crippen molar-refractivity contribution in [2.75, 3.05) is 0 Å². The summed E-state index contributed by atoms with van der Waals surface area (Å²) < 4.78 is 1.89. The van der Waals surface area contributed by atoms with Crippen molar-refractivity contribution in [2.45, 2.75) is 0 Å². The van der Waals surface area contributed by atoms with Crippen LogP contribution in [0.25, 0.3) is 33.2 Å². The number of hydrogen-bond acceptors (Lipinski definition) is 3. The van der Waals surface area contributed by atoms with Gasteiger partial charge in [-0.05, 0) is 42.0 Å². The van der Waals surface area contributed by atoms with Gasteiger partial charge in [0.15, 0.2) is 0 Å². The Labute approximate surface area is 142 Å². The number of hydrogen-bond donors (Lipinski definition) is 1. The predicted molar refractivity (Wildman–Crippen MR) is 95.0 cm³/mol. The molecular formula is C18H13ClN4O. The van der Waals surface area contributed by atoms with E-state index in [1.165, 1.54) is 0 Å². The van der Waals surface area contributed by atoms with Crippen LogP contribution >= 0.6 is 11.6 Å². The summed E-state index contributed by atoms with van der Waals surface area (Å²) in [6.07, 6.45) is 1.70. The van der Waals surface area contributed by atoms with Gasteiger partial charge in [0.05, 0.1) is 16.8 Å². The third kappa shape index (κ3) is 2.13. The largest absolute Gasteiger partial charge is 0.366 e. The van der Waals surface area contributed by atoms with Crippen LogP contribution in [-0.2, 0) is 7.05 Å². The fourth-order valence-corrected chi connectivity index (χ4v) is 3.25. The first kappa shape index (κ1) is 14.7. The molecule has 4 rings (SSSR count). The first-order valence-electron chi connectivity index (χ1n) is 7.36. The van der Waals surface area contributed by atoms with Gasteiger partial charge in [-0.3, -0.25) is 4.79 Å². The van der Waals surface area contributed by atoms with E-state index in [0.29, 0.717) is 10.7 Å². The molecule has 0 fully saturated rings. The summed E-state index contributed by atoms with van der Waals surface area (Å²) in [6.45, 7) is 0. The summed E-state index contributed by atoms with van der Waals surface area (Å²) in [4.78, 5) is 20.7. The highest BCUT2D eigenvalue weighted by Crippen LogP contribution is 2.33. The summed E-state index contributed by atoms with van der Waals surface area (Å²) in [6, 6.07) is 13.1. The smallest absolute Gasteiger partial charge is 0.251 e. The van der Waals surface area contributed by atoms with E-state index in [-0.39, 0.29) is 0 Å². The number of fused-ring (bicyclic) bond motifs is 2. The van der Waals surface area contributed by atoms with E-state index in [1.807, 2.05) is 41.9 Å². The SMILES string of the molecule is Cn1c(-c2ccc3nc(Cl)ccc3c2)c(C(N)=O)c2cccnc21. The molecule has 0 saturated heterocycles. The average Bonchev–Trinajstić information content (AvgIpc) is 2.88. The van der Waals surface area contributed by atoms with Crippen LogP contribution in [0.5, 0.6) is 0 Å². The third-order valence-corrected chi connectivity index (χ3v) is 4.33. The fourth-order valence-electron chi connectivity index (χ4n) is 3.10. The van der Waals surface area contributed by atoms with E-state index >= 15 is 0 Å². The zero-order valence-corrected chi connectivity index (χ0v) is 13.6. The maximum atomic E-state index is 12.1. The lowest BCUT2D eigenvalue weighted by Crippen LogP contribution is -2.12. The number of pyridine rings is 2. The molecule has 0 saturated carbocycles. The molecule has 3 aromatic heterocycles. The number of amides is 1. The molecule has 0 radical (unpaired) electrons. The summed E-state index contributed by atoms with van der Waals surface area (Å²) in [5, 5.41) is 2.13. The quantitative estimate of drug-likeness (QED) is 0.569. The molecule has 0 aliphatic rings. The van der Waals surface area contributed by atoms with Crippen molar-refractivity contribution in [3.8, 4) is 11.3 Å². The highest BCUT2D eigenvalue weighted by Gasteiger charge is 2.21. The highest BCUT2D eigenvalue weighted by atomic mass is 35.5. The molecule has 1 amide bonds. The molecule has 0 spiro atoms. The molecule has 2 N–H and O–H groups in total. The van der Waals surface area contributed by atoms with Gasteiger partial charge < -0.3 is 10.3 Å². The highest BCUT2D eigenvalue weighted by molar-refractivity contribution is 6.29. The normalized spacial score (nSPS) is 11.2. The Hall–Kier alpha value is -2.92. The first-order valence-corrected chi connectivity index (χ1v) is 7.74. The van der Waals surface area contributed by atoms with E-state index in [1.54, 1.807) is 18.3 Å². The van der Waals surface area contributed by atoms with Crippen LogP contribution in [0, 0.1) is 0 Å². The molecule has 0 atom stereocenters. The molecule has 1 aromatic carbocycles. The summed E-state index contributed by atoms with van der Waals surface area (Å²) in [5.74, 6) is -0.474. The number of rotatable bonds is 2. The number of nitrogens with two attached hydrogens (primary N) is 1. The number of benzene rings is 1. The number of carbonyl (C=O) groups excluding carboxylic acids is 1. The van der Waals surface area contributed by atoms with Crippen LogP contribution in [0.15, 0.2) is 48.7 Å². The van der Waals surface area contributed by atoms with Crippen molar-refractivity contribution in [3.05, 3.63) is 59.4 Å². The average molecular weight is 337 g/mol. The van der Waals surface area contributed by atoms with E-state index < -0.39 is 5.91 Å². The Bertz CT molecular complexity index is 1120. The van der Waals surface area contributed by atoms with Gasteiger partial charge in [0.1, 0.15) is 10.8 Å². The Balaban J connectivity index is 2.06. The minimum atomic E-state index is -0.474. The summed E-state index contributed by atoms with van der Waals surface area (Å²) in [7, 11) is 1.88. The molecular weight excluding hydrogens is 324 g/mol. The van der Waals surface area contributed by atoms with Crippen LogP contribution in [0.1, 0.15) is 10.4 Å². The lowest BCUT2D eigenvalue weighted by atomic mass is 10.0. The maximum Gasteiger partial charge on any atom is 0.251 e. The van der Waals surface area contributed by atoms with Crippen molar-refractivity contribution < 1.29 is 4.79 Å². The minimum absolute atomic E-state index is 0.446. The van der Waals surface area contributed by atoms with E-state index in [2.05, 4.69) is 9.97 Å². The van der Waals surface area contributed by atoms with Gasteiger partial charge in [-0.2, -0.15) is 0 Å².